The van der Waals surface area contributed by atoms with Gasteiger partial charge in [0.25, 0.3) is 5.91 Å². The molecule has 6 heteroatoms. The van der Waals surface area contributed by atoms with E-state index in [1.807, 2.05) is 60.8 Å². The first-order valence-electron chi connectivity index (χ1n) is 9.65. The molecule has 0 aliphatic heterocycles. The van der Waals surface area contributed by atoms with Gasteiger partial charge in [-0.1, -0.05) is 30.3 Å². The summed E-state index contributed by atoms with van der Waals surface area (Å²) in [7, 11) is 1.94. The van der Waals surface area contributed by atoms with Crippen LogP contribution in [0.4, 0.5) is 0 Å². The lowest BCUT2D eigenvalue weighted by Crippen LogP contribution is -2.33. The fourth-order valence-corrected chi connectivity index (χ4v) is 3.57. The van der Waals surface area contributed by atoms with E-state index < -0.39 is 0 Å². The first kappa shape index (κ1) is 18.3. The molecule has 0 saturated heterocycles. The van der Waals surface area contributed by atoms with Gasteiger partial charge in [0, 0.05) is 42.7 Å². The zero-order chi connectivity index (χ0) is 19.8. The van der Waals surface area contributed by atoms with Crippen LogP contribution in [0.5, 0.6) is 0 Å². The van der Waals surface area contributed by atoms with Crippen LogP contribution in [0.25, 0.3) is 11.3 Å². The second-order valence-electron chi connectivity index (χ2n) is 7.48. The lowest BCUT2D eigenvalue weighted by Gasteiger charge is -2.24. The number of amides is 1. The van der Waals surface area contributed by atoms with Crippen molar-refractivity contribution in [1.82, 2.24) is 24.6 Å². The van der Waals surface area contributed by atoms with Crippen molar-refractivity contribution in [1.29, 1.82) is 0 Å². The minimum Gasteiger partial charge on any atom is -0.331 e. The Labute approximate surface area is 165 Å². The van der Waals surface area contributed by atoms with Crippen molar-refractivity contribution in [3.05, 3.63) is 64.9 Å². The van der Waals surface area contributed by atoms with Crippen LogP contribution in [-0.2, 0) is 13.6 Å². The van der Waals surface area contributed by atoms with Crippen LogP contribution in [0, 0.1) is 20.8 Å². The summed E-state index contributed by atoms with van der Waals surface area (Å²) in [6.45, 7) is 6.47. The maximum absolute atomic E-state index is 13.6. The van der Waals surface area contributed by atoms with E-state index in [4.69, 9.17) is 0 Å². The van der Waals surface area contributed by atoms with Gasteiger partial charge in [-0.15, -0.1) is 0 Å². The van der Waals surface area contributed by atoms with E-state index in [9.17, 15) is 4.79 Å². The van der Waals surface area contributed by atoms with Crippen LogP contribution >= 0.6 is 0 Å². The van der Waals surface area contributed by atoms with Gasteiger partial charge in [0.15, 0.2) is 0 Å². The molecule has 1 amide bonds. The number of benzene rings is 1. The molecule has 2 aromatic heterocycles. The van der Waals surface area contributed by atoms with E-state index in [0.717, 1.165) is 35.4 Å². The van der Waals surface area contributed by atoms with Gasteiger partial charge in [-0.3, -0.25) is 9.48 Å². The Morgan fingerprint density at radius 3 is 2.50 bits per heavy atom. The molecule has 0 N–H and O–H groups in total. The van der Waals surface area contributed by atoms with Gasteiger partial charge < -0.3 is 4.90 Å². The van der Waals surface area contributed by atoms with Gasteiger partial charge in [-0.25, -0.2) is 9.97 Å². The Morgan fingerprint density at radius 1 is 1.18 bits per heavy atom. The molecule has 0 radical (unpaired) electrons. The van der Waals surface area contributed by atoms with Crippen LogP contribution in [0.2, 0.25) is 0 Å². The zero-order valence-electron chi connectivity index (χ0n) is 16.8. The Morgan fingerprint density at radius 2 is 1.89 bits per heavy atom. The SMILES string of the molecule is Cc1ncc(C(=O)N(Cc2c(C)nn(C)c2C)C2CC2)c(-c2ccccc2)n1. The highest BCUT2D eigenvalue weighted by atomic mass is 16.2. The van der Waals surface area contributed by atoms with Crippen LogP contribution in [0.1, 0.15) is 46.0 Å². The number of carbonyl (C=O) groups excluding carboxylic acids is 1. The third-order valence-corrected chi connectivity index (χ3v) is 5.42. The number of hydrogen-bond donors (Lipinski definition) is 0. The second-order valence-corrected chi connectivity index (χ2v) is 7.48. The lowest BCUT2D eigenvalue weighted by molar-refractivity contribution is 0.0729. The lowest BCUT2D eigenvalue weighted by atomic mass is 10.1. The summed E-state index contributed by atoms with van der Waals surface area (Å²) in [5.41, 5.74) is 5.38. The molecule has 1 saturated carbocycles. The molecule has 0 unspecified atom stereocenters. The third-order valence-electron chi connectivity index (χ3n) is 5.42. The van der Waals surface area contributed by atoms with Crippen LogP contribution in [0.15, 0.2) is 36.5 Å². The summed E-state index contributed by atoms with van der Waals surface area (Å²) in [6, 6.07) is 10.1. The summed E-state index contributed by atoms with van der Waals surface area (Å²) >= 11 is 0. The van der Waals surface area contributed by atoms with Crippen molar-refractivity contribution in [3.63, 3.8) is 0 Å². The Bertz CT molecular complexity index is 1020. The van der Waals surface area contributed by atoms with E-state index in [1.54, 1.807) is 6.20 Å². The molecule has 3 aromatic rings. The van der Waals surface area contributed by atoms with Gasteiger partial charge in [-0.2, -0.15) is 5.10 Å². The number of carbonyl (C=O) groups is 1. The van der Waals surface area contributed by atoms with Crippen molar-refractivity contribution < 1.29 is 4.79 Å². The molecule has 144 valence electrons. The van der Waals surface area contributed by atoms with Gasteiger partial charge in [0.05, 0.1) is 17.0 Å². The smallest absolute Gasteiger partial charge is 0.258 e. The normalized spacial score (nSPS) is 13.6. The van der Waals surface area contributed by atoms with Crippen molar-refractivity contribution in [2.75, 3.05) is 0 Å². The predicted molar refractivity (Wildman–Crippen MR) is 108 cm³/mol. The third kappa shape index (κ3) is 3.42. The topological polar surface area (TPSA) is 63.9 Å². The highest BCUT2D eigenvalue weighted by Gasteiger charge is 2.35. The fraction of sp³-hybridized carbons (Fsp3) is 0.364. The second kappa shape index (κ2) is 7.19. The minimum absolute atomic E-state index is 0.0102. The predicted octanol–water partition coefficient (Wildman–Crippen LogP) is 3.61. The minimum atomic E-state index is -0.0102. The van der Waals surface area contributed by atoms with E-state index in [-0.39, 0.29) is 11.9 Å². The first-order valence-corrected chi connectivity index (χ1v) is 9.65. The summed E-state index contributed by atoms with van der Waals surface area (Å²) in [5.74, 6) is 0.649. The van der Waals surface area contributed by atoms with Crippen LogP contribution < -0.4 is 0 Å². The first-order chi connectivity index (χ1) is 13.5. The Hall–Kier alpha value is -3.02. The maximum Gasteiger partial charge on any atom is 0.258 e. The van der Waals surface area contributed by atoms with E-state index in [0.29, 0.717) is 23.6 Å². The highest BCUT2D eigenvalue weighted by molar-refractivity contribution is 6.00. The number of aryl methyl sites for hydroxylation is 3. The Kier molecular flexibility index (Phi) is 4.71. The van der Waals surface area contributed by atoms with Gasteiger partial charge in [0.2, 0.25) is 0 Å². The average Bonchev–Trinajstić information content (AvgIpc) is 3.49. The molecule has 28 heavy (non-hydrogen) atoms. The molecular formula is C22H25N5O. The molecule has 0 spiro atoms. The average molecular weight is 375 g/mol. The highest BCUT2D eigenvalue weighted by Crippen LogP contribution is 2.32. The molecule has 6 nitrogen and oxygen atoms in total. The summed E-state index contributed by atoms with van der Waals surface area (Å²) in [5, 5.41) is 4.51. The van der Waals surface area contributed by atoms with Gasteiger partial charge in [-0.05, 0) is 33.6 Å². The molecular weight excluding hydrogens is 350 g/mol. The van der Waals surface area contributed by atoms with Crippen molar-refractivity contribution in [2.24, 2.45) is 7.05 Å². The van der Waals surface area contributed by atoms with Gasteiger partial charge >= 0.3 is 0 Å². The quantitative estimate of drug-likeness (QED) is 0.683. The largest absolute Gasteiger partial charge is 0.331 e. The van der Waals surface area contributed by atoms with E-state index in [2.05, 4.69) is 22.0 Å². The van der Waals surface area contributed by atoms with Crippen LogP contribution in [-0.4, -0.2) is 36.6 Å². The molecule has 1 aromatic carbocycles. The molecule has 1 aliphatic rings. The zero-order valence-corrected chi connectivity index (χ0v) is 16.8. The summed E-state index contributed by atoms with van der Waals surface area (Å²) < 4.78 is 1.88. The number of aromatic nitrogens is 4. The molecule has 2 heterocycles. The number of hydrogen-bond acceptors (Lipinski definition) is 4. The molecule has 1 aliphatic carbocycles. The van der Waals surface area contributed by atoms with Crippen molar-refractivity contribution in [3.8, 4) is 11.3 Å². The fourth-order valence-electron chi connectivity index (χ4n) is 3.57. The van der Waals surface area contributed by atoms with E-state index in [1.165, 1.54) is 0 Å². The maximum atomic E-state index is 13.6. The molecule has 4 rings (SSSR count). The number of nitrogens with zero attached hydrogens (tertiary/aromatic N) is 5. The molecule has 1 fully saturated rings. The molecule has 0 atom stereocenters. The standard InChI is InChI=1S/C22H25N5O/c1-14-20(15(2)26(4)25-14)13-27(18-10-11-18)22(28)19-12-23-16(3)24-21(19)17-8-6-5-7-9-17/h5-9,12,18H,10-11,13H2,1-4H3. The van der Waals surface area contributed by atoms with Gasteiger partial charge in [0.1, 0.15) is 5.82 Å². The summed E-state index contributed by atoms with van der Waals surface area (Å²) in [6.07, 6.45) is 3.75. The van der Waals surface area contributed by atoms with Crippen LogP contribution in [0.3, 0.4) is 0 Å². The van der Waals surface area contributed by atoms with Crippen molar-refractivity contribution in [2.45, 2.75) is 46.2 Å². The van der Waals surface area contributed by atoms with E-state index >= 15 is 0 Å². The monoisotopic (exact) mass is 375 g/mol. The van der Waals surface area contributed by atoms with Crippen molar-refractivity contribution >= 4 is 5.91 Å². The Balaban J connectivity index is 1.73. The molecule has 0 bridgehead atoms. The summed E-state index contributed by atoms with van der Waals surface area (Å²) in [4.78, 5) is 24.5. The number of rotatable bonds is 5.